The molecule has 0 aliphatic rings. The normalized spacial score (nSPS) is 12.0. The lowest BCUT2D eigenvalue weighted by Crippen LogP contribution is -1.92. The molecule has 0 atom stereocenters. The van der Waals surface area contributed by atoms with Crippen molar-refractivity contribution in [1.29, 1.82) is 0 Å². The van der Waals surface area contributed by atoms with Gasteiger partial charge < -0.3 is 9.79 Å². The molecule has 6 heteroatoms. The third-order valence-corrected chi connectivity index (χ3v) is 5.62. The number of phosphoric acid groups is 1. The van der Waals surface area contributed by atoms with Crippen molar-refractivity contribution >= 4 is 23.8 Å². The van der Waals surface area contributed by atoms with Crippen LogP contribution in [-0.2, 0) is 9.09 Å². The average Bonchev–Trinajstić information content (AvgIpc) is 2.56. The fourth-order valence-corrected chi connectivity index (χ4v) is 3.80. The van der Waals surface area contributed by atoms with Crippen LogP contribution in [0.3, 0.4) is 0 Å². The fourth-order valence-electron chi connectivity index (χ4n) is 3.03. The molecule has 25 heavy (non-hydrogen) atoms. The Morgan fingerprint density at radius 2 is 0.840 bits per heavy atom. The summed E-state index contributed by atoms with van der Waals surface area (Å²) in [6.07, 6.45) is 22.0. The maximum Gasteiger partial charge on any atom is 0.469 e. The molecule has 4 nitrogen and oxygen atoms in total. The van der Waals surface area contributed by atoms with Gasteiger partial charge in [0.15, 0.2) is 0 Å². The quantitative estimate of drug-likeness (QED) is 0.119. The summed E-state index contributed by atoms with van der Waals surface area (Å²) in [4.78, 5) is 17.1. The van der Waals surface area contributed by atoms with E-state index in [-0.39, 0.29) is 6.61 Å². The van der Waals surface area contributed by atoms with Gasteiger partial charge in [-0.05, 0) is 12.8 Å². The van der Waals surface area contributed by atoms with Crippen molar-refractivity contribution in [2.45, 2.75) is 109 Å². The minimum Gasteiger partial charge on any atom is -0.303 e. The summed E-state index contributed by atoms with van der Waals surface area (Å²) in [6.45, 7) is 0.168. The van der Waals surface area contributed by atoms with Gasteiger partial charge in [0.05, 0.1) is 6.61 Å². The van der Waals surface area contributed by atoms with E-state index in [0.29, 0.717) is 0 Å². The minimum absolute atomic E-state index is 0.168. The van der Waals surface area contributed by atoms with Crippen LogP contribution in [0.1, 0.15) is 109 Å². The van der Waals surface area contributed by atoms with E-state index in [9.17, 15) is 4.57 Å². The monoisotopic (exact) mass is 442 g/mol. The summed E-state index contributed by atoms with van der Waals surface area (Å²) < 4.78 is 14.9. The summed E-state index contributed by atoms with van der Waals surface area (Å²) in [5.74, 6) is 0. The highest BCUT2D eigenvalue weighted by atomic mass is 79.9. The summed E-state index contributed by atoms with van der Waals surface area (Å²) in [6, 6.07) is 0. The number of hydrogen-bond acceptors (Lipinski definition) is 2. The molecule has 0 heterocycles. The van der Waals surface area contributed by atoms with Crippen molar-refractivity contribution in [3.63, 3.8) is 0 Å². The van der Waals surface area contributed by atoms with Crippen LogP contribution in [0.5, 0.6) is 0 Å². The molecule has 152 valence electrons. The van der Waals surface area contributed by atoms with E-state index < -0.39 is 7.82 Å². The molecule has 0 rings (SSSR count). The Hall–Kier alpha value is 0.590. The molecular weight excluding hydrogens is 403 g/mol. The van der Waals surface area contributed by atoms with Crippen LogP contribution in [0.25, 0.3) is 0 Å². The molecule has 0 aliphatic heterocycles. The largest absolute Gasteiger partial charge is 0.469 e. The molecule has 0 radical (unpaired) electrons. The van der Waals surface area contributed by atoms with Crippen LogP contribution >= 0.6 is 23.8 Å². The van der Waals surface area contributed by atoms with E-state index in [1.165, 1.54) is 89.9 Å². The van der Waals surface area contributed by atoms with Crippen LogP contribution in [0.2, 0.25) is 0 Å². The summed E-state index contributed by atoms with van der Waals surface area (Å²) >= 11 is 3.48. The van der Waals surface area contributed by atoms with Gasteiger partial charge >= 0.3 is 7.82 Å². The summed E-state index contributed by atoms with van der Waals surface area (Å²) in [5, 5.41) is 1.15. The standard InChI is InChI=1S/C19H40BrO4P/c20-18-16-14-12-10-8-6-4-2-1-3-5-7-9-11-13-15-17-19-24-25(21,22)23/h1-19H2,(H2,21,22,23). The lowest BCUT2D eigenvalue weighted by Gasteiger charge is -2.05. The SMILES string of the molecule is O=P(O)(O)OCCCCCCCCCCCCCCCCCCCBr. The molecule has 0 saturated heterocycles. The second-order valence-corrected chi connectivity index (χ2v) is 9.06. The van der Waals surface area contributed by atoms with Gasteiger partial charge in [-0.25, -0.2) is 4.57 Å². The number of hydrogen-bond donors (Lipinski definition) is 2. The van der Waals surface area contributed by atoms with E-state index in [4.69, 9.17) is 9.79 Å². The molecule has 0 fully saturated rings. The highest BCUT2D eigenvalue weighted by molar-refractivity contribution is 9.09. The predicted octanol–water partition coefficient (Wildman–Crippen LogP) is 7.12. The average molecular weight is 443 g/mol. The molecule has 2 N–H and O–H groups in total. The van der Waals surface area contributed by atoms with Crippen LogP contribution in [0.4, 0.5) is 0 Å². The molecule has 0 aliphatic carbocycles. The van der Waals surface area contributed by atoms with Crippen LogP contribution in [0.15, 0.2) is 0 Å². The molecule has 0 bridgehead atoms. The van der Waals surface area contributed by atoms with E-state index in [1.54, 1.807) is 0 Å². The first kappa shape index (κ1) is 25.6. The summed E-state index contributed by atoms with van der Waals surface area (Å²) in [7, 11) is -4.26. The Labute approximate surface area is 163 Å². The van der Waals surface area contributed by atoms with Crippen molar-refractivity contribution in [3.05, 3.63) is 0 Å². The Kier molecular flexibility index (Phi) is 19.8. The zero-order valence-electron chi connectivity index (χ0n) is 16.0. The first-order valence-corrected chi connectivity index (χ1v) is 13.0. The highest BCUT2D eigenvalue weighted by Gasteiger charge is 2.12. The second-order valence-electron chi connectivity index (χ2n) is 7.02. The maximum atomic E-state index is 10.5. The Morgan fingerprint density at radius 1 is 0.560 bits per heavy atom. The van der Waals surface area contributed by atoms with Gasteiger partial charge in [0.25, 0.3) is 0 Å². The number of halogens is 1. The Balaban J connectivity index is 3.02. The molecule has 0 aromatic carbocycles. The van der Waals surface area contributed by atoms with Gasteiger partial charge in [-0.1, -0.05) is 112 Å². The van der Waals surface area contributed by atoms with Crippen molar-refractivity contribution in [2.75, 3.05) is 11.9 Å². The van der Waals surface area contributed by atoms with Gasteiger partial charge in [-0.15, -0.1) is 0 Å². The second kappa shape index (κ2) is 19.4. The minimum atomic E-state index is -4.26. The van der Waals surface area contributed by atoms with E-state index >= 15 is 0 Å². The Morgan fingerprint density at radius 3 is 1.12 bits per heavy atom. The molecule has 0 spiro atoms. The van der Waals surface area contributed by atoms with E-state index in [1.807, 2.05) is 0 Å². The third-order valence-electron chi connectivity index (χ3n) is 4.54. The van der Waals surface area contributed by atoms with Crippen molar-refractivity contribution in [3.8, 4) is 0 Å². The highest BCUT2D eigenvalue weighted by Crippen LogP contribution is 2.35. The predicted molar refractivity (Wildman–Crippen MR) is 110 cm³/mol. The van der Waals surface area contributed by atoms with Gasteiger partial charge in [-0.3, -0.25) is 4.52 Å². The Bertz CT molecular complexity index is 310. The van der Waals surface area contributed by atoms with Crippen molar-refractivity contribution in [1.82, 2.24) is 0 Å². The van der Waals surface area contributed by atoms with Crippen LogP contribution in [0, 0.1) is 0 Å². The molecule has 0 aromatic heterocycles. The summed E-state index contributed by atoms with van der Waals surface area (Å²) in [5.41, 5.74) is 0. The smallest absolute Gasteiger partial charge is 0.303 e. The van der Waals surface area contributed by atoms with Gasteiger partial charge in [-0.2, -0.15) is 0 Å². The fraction of sp³-hybridized carbons (Fsp3) is 1.00. The van der Waals surface area contributed by atoms with Gasteiger partial charge in [0.2, 0.25) is 0 Å². The van der Waals surface area contributed by atoms with E-state index in [0.717, 1.165) is 24.6 Å². The van der Waals surface area contributed by atoms with Crippen LogP contribution < -0.4 is 0 Å². The zero-order valence-corrected chi connectivity index (χ0v) is 18.5. The lowest BCUT2D eigenvalue weighted by molar-refractivity contribution is 0.193. The number of unbranched alkanes of at least 4 members (excludes halogenated alkanes) is 16. The number of alkyl halides is 1. The van der Waals surface area contributed by atoms with Crippen molar-refractivity contribution < 1.29 is 18.9 Å². The molecule has 0 unspecified atom stereocenters. The molecule has 0 amide bonds. The van der Waals surface area contributed by atoms with Gasteiger partial charge in [0.1, 0.15) is 0 Å². The molecule has 0 aromatic rings. The van der Waals surface area contributed by atoms with Crippen molar-refractivity contribution in [2.24, 2.45) is 0 Å². The zero-order chi connectivity index (χ0) is 18.6. The van der Waals surface area contributed by atoms with Crippen LogP contribution in [-0.4, -0.2) is 21.7 Å². The first-order valence-electron chi connectivity index (χ1n) is 10.3. The number of rotatable bonds is 20. The molecular formula is C19H40BrO4P. The van der Waals surface area contributed by atoms with Gasteiger partial charge in [0, 0.05) is 5.33 Å². The third kappa shape index (κ3) is 24.6. The number of phosphoric ester groups is 1. The topological polar surface area (TPSA) is 66.8 Å². The molecule has 0 saturated carbocycles. The first-order chi connectivity index (χ1) is 12.1. The lowest BCUT2D eigenvalue weighted by atomic mass is 10.0. The van der Waals surface area contributed by atoms with E-state index in [2.05, 4.69) is 20.5 Å². The maximum absolute atomic E-state index is 10.5.